The average molecular weight is 266 g/mol. The van der Waals surface area contributed by atoms with E-state index < -0.39 is 18.3 Å². The first-order chi connectivity index (χ1) is 8.77. The second-order valence-electron chi connectivity index (χ2n) is 5.87. The lowest BCUT2D eigenvalue weighted by molar-refractivity contribution is 0.00578. The van der Waals surface area contributed by atoms with Crippen LogP contribution in [0.2, 0.25) is 0 Å². The highest BCUT2D eigenvalue weighted by Crippen LogP contribution is 2.36. The highest BCUT2D eigenvalue weighted by molar-refractivity contribution is 6.62. The van der Waals surface area contributed by atoms with Gasteiger partial charge in [0.25, 0.3) is 0 Å². The molecule has 3 nitrogen and oxygen atoms in total. The van der Waals surface area contributed by atoms with Crippen molar-refractivity contribution in [2.45, 2.75) is 45.5 Å². The molecule has 1 aromatic carbocycles. The summed E-state index contributed by atoms with van der Waals surface area (Å²) >= 11 is 0. The Bertz CT molecular complexity index is 458. The molecule has 19 heavy (non-hydrogen) atoms. The first-order valence-corrected chi connectivity index (χ1v) is 6.40. The molecule has 1 fully saturated rings. The van der Waals surface area contributed by atoms with Crippen molar-refractivity contribution >= 4 is 12.6 Å². The minimum Gasteiger partial charge on any atom is -0.399 e. The van der Waals surface area contributed by atoms with Crippen LogP contribution in [-0.4, -0.2) is 25.4 Å². The predicted molar refractivity (Wildman–Crippen MR) is 72.8 cm³/mol. The molecule has 0 aliphatic carbocycles. The van der Waals surface area contributed by atoms with E-state index in [1.54, 1.807) is 19.2 Å². The predicted octanol–water partition coefficient (Wildman–Crippen LogP) is 2.27. The quantitative estimate of drug-likeness (QED) is 0.785. The maximum absolute atomic E-state index is 13.6. The zero-order valence-electron chi connectivity index (χ0n) is 12.1. The molecule has 1 aromatic rings. The Balaban J connectivity index is 2.27. The van der Waals surface area contributed by atoms with Crippen LogP contribution in [0, 0.1) is 5.82 Å². The second-order valence-corrected chi connectivity index (χ2v) is 5.87. The van der Waals surface area contributed by atoms with Crippen molar-refractivity contribution in [3.05, 3.63) is 29.6 Å². The van der Waals surface area contributed by atoms with Crippen molar-refractivity contribution in [2.24, 2.45) is 0 Å². The fourth-order valence-corrected chi connectivity index (χ4v) is 1.99. The van der Waals surface area contributed by atoms with Gasteiger partial charge < -0.3 is 14.0 Å². The Kier molecular flexibility index (Phi) is 3.73. The Labute approximate surface area is 114 Å². The second kappa shape index (κ2) is 4.89. The van der Waals surface area contributed by atoms with Gasteiger partial charge >= 0.3 is 7.12 Å². The summed E-state index contributed by atoms with van der Waals surface area (Å²) in [5.74, 6) is -0.276. The summed E-state index contributed by atoms with van der Waals surface area (Å²) in [5, 5.41) is 0. The van der Waals surface area contributed by atoms with Gasteiger partial charge in [-0.25, -0.2) is 4.39 Å². The van der Waals surface area contributed by atoms with E-state index in [-0.39, 0.29) is 12.4 Å². The average Bonchev–Trinajstić information content (AvgIpc) is 2.51. The molecule has 0 radical (unpaired) electrons. The fraction of sp³-hybridized carbons (Fsp3) is 0.571. The highest BCUT2D eigenvalue weighted by atomic mass is 19.1. The summed E-state index contributed by atoms with van der Waals surface area (Å²) in [6, 6.07) is 4.85. The largest absolute Gasteiger partial charge is 0.494 e. The molecule has 0 bridgehead atoms. The molecule has 1 saturated heterocycles. The number of benzene rings is 1. The van der Waals surface area contributed by atoms with Crippen molar-refractivity contribution in [3.8, 4) is 0 Å². The molecule has 0 N–H and O–H groups in total. The Morgan fingerprint density at radius 1 is 1.16 bits per heavy atom. The summed E-state index contributed by atoms with van der Waals surface area (Å²) in [6.07, 6.45) is 0. The molecule has 0 saturated carbocycles. The molecule has 104 valence electrons. The molecule has 0 amide bonds. The van der Waals surface area contributed by atoms with Gasteiger partial charge in [-0.2, -0.15) is 0 Å². The van der Waals surface area contributed by atoms with Gasteiger partial charge in [0.2, 0.25) is 0 Å². The van der Waals surface area contributed by atoms with Crippen molar-refractivity contribution < 1.29 is 18.4 Å². The first-order valence-electron chi connectivity index (χ1n) is 6.40. The maximum atomic E-state index is 13.6. The summed E-state index contributed by atoms with van der Waals surface area (Å²) < 4.78 is 30.4. The summed E-state index contributed by atoms with van der Waals surface area (Å²) in [6.45, 7) is 8.21. The molecule has 0 unspecified atom stereocenters. The van der Waals surface area contributed by atoms with E-state index in [2.05, 4.69) is 0 Å². The van der Waals surface area contributed by atoms with Crippen molar-refractivity contribution in [3.63, 3.8) is 0 Å². The van der Waals surface area contributed by atoms with Crippen LogP contribution in [0.15, 0.2) is 18.2 Å². The molecule has 1 heterocycles. The van der Waals surface area contributed by atoms with Crippen LogP contribution in [0.3, 0.4) is 0 Å². The normalized spacial score (nSPS) is 20.8. The number of rotatable bonds is 3. The van der Waals surface area contributed by atoms with Gasteiger partial charge in [0.05, 0.1) is 17.8 Å². The van der Waals surface area contributed by atoms with Crippen LogP contribution in [0.4, 0.5) is 4.39 Å². The van der Waals surface area contributed by atoms with Crippen LogP contribution in [0.1, 0.15) is 33.3 Å². The van der Waals surface area contributed by atoms with Crippen LogP contribution < -0.4 is 5.46 Å². The number of halogens is 1. The summed E-state index contributed by atoms with van der Waals surface area (Å²) in [5.41, 5.74) is 0.530. The SMILES string of the molecule is COCc1cc(B2OC(C)(C)C(C)(C)O2)ccc1F. The summed E-state index contributed by atoms with van der Waals surface area (Å²) in [4.78, 5) is 0. The molecule has 1 aliphatic heterocycles. The smallest absolute Gasteiger partial charge is 0.399 e. The number of methoxy groups -OCH3 is 1. The van der Waals surface area contributed by atoms with Gasteiger partial charge in [0.1, 0.15) is 5.82 Å². The Hall–Kier alpha value is -0.905. The number of hydrogen-bond acceptors (Lipinski definition) is 3. The molecule has 2 rings (SSSR count). The third-order valence-electron chi connectivity index (χ3n) is 3.90. The van der Waals surface area contributed by atoms with Crippen molar-refractivity contribution in [2.75, 3.05) is 7.11 Å². The molecule has 0 spiro atoms. The van der Waals surface area contributed by atoms with Crippen LogP contribution >= 0.6 is 0 Å². The van der Waals surface area contributed by atoms with E-state index in [4.69, 9.17) is 14.0 Å². The Morgan fingerprint density at radius 2 is 1.74 bits per heavy atom. The monoisotopic (exact) mass is 266 g/mol. The van der Waals surface area contributed by atoms with Gasteiger partial charge in [0, 0.05) is 12.7 Å². The zero-order chi connectivity index (χ0) is 14.3. The molecule has 5 heteroatoms. The number of hydrogen-bond donors (Lipinski definition) is 0. The first kappa shape index (κ1) is 14.5. The Morgan fingerprint density at radius 3 is 2.26 bits per heavy atom. The van der Waals surface area contributed by atoms with E-state index in [1.165, 1.54) is 6.07 Å². The van der Waals surface area contributed by atoms with E-state index in [1.807, 2.05) is 27.7 Å². The van der Waals surface area contributed by atoms with Crippen LogP contribution in [0.5, 0.6) is 0 Å². The highest BCUT2D eigenvalue weighted by Gasteiger charge is 2.51. The zero-order valence-corrected chi connectivity index (χ0v) is 12.1. The number of ether oxygens (including phenoxy) is 1. The maximum Gasteiger partial charge on any atom is 0.494 e. The van der Waals surface area contributed by atoms with E-state index in [9.17, 15) is 4.39 Å². The molecule has 0 aromatic heterocycles. The lowest BCUT2D eigenvalue weighted by Crippen LogP contribution is -2.41. The molecule has 0 atom stereocenters. The van der Waals surface area contributed by atoms with E-state index in [0.29, 0.717) is 5.56 Å². The topological polar surface area (TPSA) is 27.7 Å². The van der Waals surface area contributed by atoms with Gasteiger partial charge in [-0.05, 0) is 39.2 Å². The van der Waals surface area contributed by atoms with E-state index >= 15 is 0 Å². The third kappa shape index (κ3) is 2.68. The van der Waals surface area contributed by atoms with Crippen molar-refractivity contribution in [1.82, 2.24) is 0 Å². The fourth-order valence-electron chi connectivity index (χ4n) is 1.99. The molecular weight excluding hydrogens is 246 g/mol. The van der Waals surface area contributed by atoms with E-state index in [0.717, 1.165) is 5.46 Å². The lowest BCUT2D eigenvalue weighted by Gasteiger charge is -2.32. The van der Waals surface area contributed by atoms with Crippen LogP contribution in [0.25, 0.3) is 0 Å². The van der Waals surface area contributed by atoms with Crippen molar-refractivity contribution in [1.29, 1.82) is 0 Å². The molecule has 1 aliphatic rings. The van der Waals surface area contributed by atoms with Crippen LogP contribution in [-0.2, 0) is 20.7 Å². The minimum absolute atomic E-state index is 0.235. The third-order valence-corrected chi connectivity index (χ3v) is 3.90. The van der Waals surface area contributed by atoms with Gasteiger partial charge in [0.15, 0.2) is 0 Å². The van der Waals surface area contributed by atoms with Gasteiger partial charge in [-0.1, -0.05) is 12.1 Å². The van der Waals surface area contributed by atoms with Gasteiger partial charge in [-0.15, -0.1) is 0 Å². The summed E-state index contributed by atoms with van der Waals surface area (Å²) in [7, 11) is 1.07. The lowest BCUT2D eigenvalue weighted by atomic mass is 9.78. The minimum atomic E-state index is -0.471. The molecular formula is C14H20BFO3. The van der Waals surface area contributed by atoms with Gasteiger partial charge in [-0.3, -0.25) is 0 Å². The standard InChI is InChI=1S/C14H20BFO3/c1-13(2)14(3,4)19-15(18-13)11-6-7-12(16)10(8-11)9-17-5/h6-8H,9H2,1-5H3.